The number of anilines is 1. The number of carbonyl (C=O) groups excluding carboxylic acids is 2. The number of hydrogen-bond donors (Lipinski definition) is 2. The summed E-state index contributed by atoms with van der Waals surface area (Å²) in [5.74, 6) is -0.0887. The normalized spacial score (nSPS) is 11.5. The van der Waals surface area contributed by atoms with Gasteiger partial charge >= 0.3 is 6.03 Å². The second kappa shape index (κ2) is 7.64. The van der Waals surface area contributed by atoms with Crippen LogP contribution in [0.15, 0.2) is 48.5 Å². The highest BCUT2D eigenvalue weighted by Crippen LogP contribution is 2.17. The number of nitrogens with zero attached hydrogens (tertiary/aromatic N) is 1. The number of benzene rings is 2. The second-order valence-corrected chi connectivity index (χ2v) is 5.96. The third-order valence-corrected chi connectivity index (χ3v) is 3.78. The third kappa shape index (κ3) is 4.35. The van der Waals surface area contributed by atoms with Crippen molar-refractivity contribution in [3.63, 3.8) is 0 Å². The SMILES string of the molecule is Cc1ccc(NC(=O)NC(C)c2ccccc2)cc1C(=O)N(C)C. The molecule has 2 aromatic rings. The van der Waals surface area contributed by atoms with E-state index in [4.69, 9.17) is 0 Å². The zero-order chi connectivity index (χ0) is 17.7. The Morgan fingerprint density at radius 2 is 1.71 bits per heavy atom. The topological polar surface area (TPSA) is 61.4 Å². The standard InChI is InChI=1S/C19H23N3O2/c1-13-10-11-16(12-17(13)18(23)22(3)4)21-19(24)20-14(2)15-8-6-5-7-9-15/h5-12,14H,1-4H3,(H2,20,21,24). The van der Waals surface area contributed by atoms with Gasteiger partial charge in [0, 0.05) is 25.3 Å². The van der Waals surface area contributed by atoms with Gasteiger partial charge in [0.15, 0.2) is 0 Å². The summed E-state index contributed by atoms with van der Waals surface area (Å²) in [5.41, 5.74) is 3.06. The van der Waals surface area contributed by atoms with Gasteiger partial charge in [0.25, 0.3) is 5.91 Å². The first-order chi connectivity index (χ1) is 11.4. The fraction of sp³-hybridized carbons (Fsp3) is 0.263. The number of nitrogens with one attached hydrogen (secondary N) is 2. The number of amides is 3. The Morgan fingerprint density at radius 1 is 1.04 bits per heavy atom. The summed E-state index contributed by atoms with van der Waals surface area (Å²) in [5, 5.41) is 5.67. The molecule has 0 aliphatic rings. The van der Waals surface area contributed by atoms with Crippen molar-refractivity contribution in [2.45, 2.75) is 19.9 Å². The van der Waals surface area contributed by atoms with Crippen LogP contribution in [0.4, 0.5) is 10.5 Å². The lowest BCUT2D eigenvalue weighted by molar-refractivity contribution is 0.0827. The van der Waals surface area contributed by atoms with Crippen molar-refractivity contribution >= 4 is 17.6 Å². The lowest BCUT2D eigenvalue weighted by Crippen LogP contribution is -2.31. The van der Waals surface area contributed by atoms with Crippen LogP contribution in [-0.2, 0) is 0 Å². The maximum absolute atomic E-state index is 12.2. The van der Waals surface area contributed by atoms with Gasteiger partial charge < -0.3 is 15.5 Å². The van der Waals surface area contributed by atoms with Crippen molar-refractivity contribution in [2.75, 3.05) is 19.4 Å². The summed E-state index contributed by atoms with van der Waals surface area (Å²) >= 11 is 0. The van der Waals surface area contributed by atoms with Crippen LogP contribution >= 0.6 is 0 Å². The van der Waals surface area contributed by atoms with Crippen molar-refractivity contribution in [1.82, 2.24) is 10.2 Å². The first-order valence-corrected chi connectivity index (χ1v) is 7.83. The van der Waals surface area contributed by atoms with Gasteiger partial charge in [-0.15, -0.1) is 0 Å². The van der Waals surface area contributed by atoms with Crippen LogP contribution < -0.4 is 10.6 Å². The number of aryl methyl sites for hydroxylation is 1. The van der Waals surface area contributed by atoms with E-state index < -0.39 is 0 Å². The second-order valence-electron chi connectivity index (χ2n) is 5.96. The van der Waals surface area contributed by atoms with Gasteiger partial charge in [-0.3, -0.25) is 4.79 Å². The molecular weight excluding hydrogens is 302 g/mol. The summed E-state index contributed by atoms with van der Waals surface area (Å²) < 4.78 is 0. The summed E-state index contributed by atoms with van der Waals surface area (Å²) in [6, 6.07) is 14.6. The maximum atomic E-state index is 12.2. The van der Waals surface area contributed by atoms with Gasteiger partial charge in [0.2, 0.25) is 0 Å². The van der Waals surface area contributed by atoms with Gasteiger partial charge in [-0.2, -0.15) is 0 Å². The van der Waals surface area contributed by atoms with Gasteiger partial charge in [-0.25, -0.2) is 4.79 Å². The quantitative estimate of drug-likeness (QED) is 0.902. The lowest BCUT2D eigenvalue weighted by Gasteiger charge is -2.16. The molecule has 2 rings (SSSR count). The van der Waals surface area contributed by atoms with Gasteiger partial charge in [-0.05, 0) is 37.1 Å². The average Bonchev–Trinajstić information content (AvgIpc) is 2.56. The van der Waals surface area contributed by atoms with E-state index in [9.17, 15) is 9.59 Å². The number of rotatable bonds is 4. The highest BCUT2D eigenvalue weighted by molar-refractivity contribution is 5.98. The summed E-state index contributed by atoms with van der Waals surface area (Å²) in [7, 11) is 3.41. The first kappa shape index (κ1) is 17.5. The molecule has 0 fully saturated rings. The molecule has 1 unspecified atom stereocenters. The molecule has 1 atom stereocenters. The monoisotopic (exact) mass is 325 g/mol. The van der Waals surface area contributed by atoms with E-state index in [0.29, 0.717) is 11.3 Å². The smallest absolute Gasteiger partial charge is 0.319 e. The molecule has 2 N–H and O–H groups in total. The molecule has 0 heterocycles. The first-order valence-electron chi connectivity index (χ1n) is 7.83. The van der Waals surface area contributed by atoms with Crippen molar-refractivity contribution in [3.05, 3.63) is 65.2 Å². The fourth-order valence-electron chi connectivity index (χ4n) is 2.36. The van der Waals surface area contributed by atoms with Gasteiger partial charge in [-0.1, -0.05) is 36.4 Å². The van der Waals surface area contributed by atoms with E-state index in [1.54, 1.807) is 26.2 Å². The molecule has 0 saturated heterocycles. The van der Waals surface area contributed by atoms with Crippen molar-refractivity contribution in [2.24, 2.45) is 0 Å². The zero-order valence-corrected chi connectivity index (χ0v) is 14.5. The Bertz CT molecular complexity index is 727. The summed E-state index contributed by atoms with van der Waals surface area (Å²) in [4.78, 5) is 25.9. The van der Waals surface area contributed by atoms with Crippen LogP contribution in [0.3, 0.4) is 0 Å². The Labute approximate surface area is 142 Å². The van der Waals surface area contributed by atoms with E-state index in [-0.39, 0.29) is 18.0 Å². The fourth-order valence-corrected chi connectivity index (χ4v) is 2.36. The molecule has 5 heteroatoms. The van der Waals surface area contributed by atoms with E-state index >= 15 is 0 Å². The Balaban J connectivity index is 2.07. The Hall–Kier alpha value is -2.82. The number of hydrogen-bond acceptors (Lipinski definition) is 2. The van der Waals surface area contributed by atoms with E-state index in [0.717, 1.165) is 11.1 Å². The van der Waals surface area contributed by atoms with E-state index in [1.165, 1.54) is 4.90 Å². The molecule has 0 radical (unpaired) electrons. The van der Waals surface area contributed by atoms with Crippen molar-refractivity contribution in [3.8, 4) is 0 Å². The van der Waals surface area contributed by atoms with Crippen molar-refractivity contribution < 1.29 is 9.59 Å². The highest BCUT2D eigenvalue weighted by Gasteiger charge is 2.14. The van der Waals surface area contributed by atoms with Gasteiger partial charge in [0.1, 0.15) is 0 Å². The van der Waals surface area contributed by atoms with Crippen LogP contribution in [0, 0.1) is 6.92 Å². The molecule has 0 saturated carbocycles. The molecule has 0 spiro atoms. The van der Waals surface area contributed by atoms with Crippen LogP contribution in [0.5, 0.6) is 0 Å². The molecule has 0 aromatic heterocycles. The van der Waals surface area contributed by atoms with Crippen LogP contribution in [-0.4, -0.2) is 30.9 Å². The highest BCUT2D eigenvalue weighted by atomic mass is 16.2. The molecule has 0 aliphatic carbocycles. The lowest BCUT2D eigenvalue weighted by atomic mass is 10.1. The molecule has 3 amide bonds. The molecule has 5 nitrogen and oxygen atoms in total. The van der Waals surface area contributed by atoms with Crippen LogP contribution in [0.25, 0.3) is 0 Å². The van der Waals surface area contributed by atoms with Crippen LogP contribution in [0.1, 0.15) is 34.5 Å². The third-order valence-electron chi connectivity index (χ3n) is 3.78. The minimum Gasteiger partial charge on any atom is -0.345 e. The van der Waals surface area contributed by atoms with E-state index in [2.05, 4.69) is 10.6 Å². The van der Waals surface area contributed by atoms with E-state index in [1.807, 2.05) is 50.2 Å². The maximum Gasteiger partial charge on any atom is 0.319 e. The molecular formula is C19H23N3O2. The Kier molecular flexibility index (Phi) is 5.58. The van der Waals surface area contributed by atoms with Crippen LogP contribution in [0.2, 0.25) is 0 Å². The van der Waals surface area contributed by atoms with Crippen molar-refractivity contribution in [1.29, 1.82) is 0 Å². The molecule has 24 heavy (non-hydrogen) atoms. The number of urea groups is 1. The summed E-state index contributed by atoms with van der Waals surface area (Å²) in [6.45, 7) is 3.79. The number of carbonyl (C=O) groups is 2. The predicted octanol–water partition coefficient (Wildman–Crippen LogP) is 3.58. The predicted molar refractivity (Wildman–Crippen MR) is 96.2 cm³/mol. The molecule has 2 aromatic carbocycles. The van der Waals surface area contributed by atoms with Gasteiger partial charge in [0.05, 0.1) is 6.04 Å². The molecule has 0 aliphatic heterocycles. The molecule has 0 bridgehead atoms. The Morgan fingerprint density at radius 3 is 2.33 bits per heavy atom. The summed E-state index contributed by atoms with van der Waals surface area (Å²) in [6.07, 6.45) is 0. The largest absolute Gasteiger partial charge is 0.345 e. The minimum absolute atomic E-state index is 0.0887. The molecule has 126 valence electrons. The average molecular weight is 325 g/mol. The minimum atomic E-state index is -0.307. The zero-order valence-electron chi connectivity index (χ0n) is 14.5.